The van der Waals surface area contributed by atoms with Crippen LogP contribution in [0.15, 0.2) is 18.2 Å². The van der Waals surface area contributed by atoms with Gasteiger partial charge >= 0.3 is 5.91 Å². The Morgan fingerprint density at radius 1 is 1.29 bits per heavy atom. The maximum Gasteiger partial charge on any atom is 0.302 e. The number of nitro groups is 1. The summed E-state index contributed by atoms with van der Waals surface area (Å²) in [5.74, 6) is -0.203. The van der Waals surface area contributed by atoms with Crippen LogP contribution in [-0.4, -0.2) is 23.9 Å². The fraction of sp³-hybridized carbons (Fsp3) is 0.364. The minimum Gasteiger partial charge on any atom is -0.264 e. The second-order valence-corrected chi connectivity index (χ2v) is 4.52. The number of fused-ring (bicyclic) bond motifs is 2. The average Bonchev–Trinajstić information content (AvgIpc) is 2.87. The van der Waals surface area contributed by atoms with Gasteiger partial charge < -0.3 is 0 Å². The predicted octanol–water partition coefficient (Wildman–Crippen LogP) is 1.35. The largest absolute Gasteiger partial charge is 0.302 e. The minimum atomic E-state index is -0.472. The third-order valence-corrected chi connectivity index (χ3v) is 3.54. The van der Waals surface area contributed by atoms with Gasteiger partial charge in [0, 0.05) is 31.0 Å². The normalized spacial score (nSPS) is 20.4. The summed E-state index contributed by atoms with van der Waals surface area (Å²) >= 11 is 0. The number of quaternary nitrogens is 1. The topological polar surface area (TPSA) is 72.2 Å². The van der Waals surface area contributed by atoms with E-state index in [-0.39, 0.29) is 11.6 Å². The highest BCUT2D eigenvalue weighted by molar-refractivity contribution is 6.04. The number of nitro benzene ring substituents is 1. The number of carbonyl (C=O) groups is 1. The molecule has 1 amide bonds. The molecule has 3 rings (SSSR count). The molecule has 1 saturated heterocycles. The summed E-state index contributed by atoms with van der Waals surface area (Å²) in [5, 5.41) is 10.7. The maximum absolute atomic E-state index is 11.9. The molecular weight excluding hydrogens is 222 g/mol. The molecule has 2 aliphatic heterocycles. The Labute approximate surface area is 97.5 Å². The Hall–Kier alpha value is -1.95. The quantitative estimate of drug-likeness (QED) is 0.453. The molecule has 1 aromatic rings. The Balaban J connectivity index is 2.13. The SMILES string of the molecule is O=C1N[N+]2(CCCC2)c2ccc([N+](=O)[O-])cc21. The third-order valence-electron chi connectivity index (χ3n) is 3.54. The van der Waals surface area contributed by atoms with Crippen molar-refractivity contribution in [3.05, 3.63) is 33.9 Å². The van der Waals surface area contributed by atoms with Gasteiger partial charge in [0.2, 0.25) is 0 Å². The van der Waals surface area contributed by atoms with Crippen LogP contribution in [0.1, 0.15) is 23.2 Å². The van der Waals surface area contributed by atoms with Crippen LogP contribution in [0.4, 0.5) is 11.4 Å². The fourth-order valence-corrected chi connectivity index (χ4v) is 2.74. The Bertz CT molecular complexity index is 521. The van der Waals surface area contributed by atoms with Crippen molar-refractivity contribution in [2.75, 3.05) is 13.1 Å². The number of carbonyl (C=O) groups excluding carboxylic acids is 1. The molecule has 0 aromatic heterocycles. The van der Waals surface area contributed by atoms with E-state index < -0.39 is 4.92 Å². The van der Waals surface area contributed by atoms with Gasteiger partial charge in [0.25, 0.3) is 5.69 Å². The van der Waals surface area contributed by atoms with Crippen molar-refractivity contribution in [3.8, 4) is 0 Å². The van der Waals surface area contributed by atoms with Crippen molar-refractivity contribution in [2.24, 2.45) is 0 Å². The smallest absolute Gasteiger partial charge is 0.264 e. The van der Waals surface area contributed by atoms with E-state index in [2.05, 4.69) is 5.43 Å². The first-order chi connectivity index (χ1) is 8.12. The number of nitrogens with zero attached hydrogens (tertiary/aromatic N) is 2. The molecule has 6 heteroatoms. The number of amides is 1. The second kappa shape index (κ2) is 3.27. The first-order valence-electron chi connectivity index (χ1n) is 5.61. The van der Waals surface area contributed by atoms with Crippen LogP contribution < -0.4 is 10.0 Å². The van der Waals surface area contributed by atoms with Gasteiger partial charge in [-0.05, 0) is 0 Å². The summed E-state index contributed by atoms with van der Waals surface area (Å²) in [6, 6.07) is 4.55. The third kappa shape index (κ3) is 1.34. The molecule has 0 saturated carbocycles. The number of benzene rings is 1. The molecule has 1 aromatic carbocycles. The molecular formula is C11H12N3O3+. The number of non-ortho nitro benzene ring substituents is 1. The standard InChI is InChI=1S/C11H11N3O3/c15-11-9-7-8(13(16)17)3-4-10(9)14(12-11)5-1-2-6-14/h3-4,7H,1-2,5-6H2/p+1. The lowest BCUT2D eigenvalue weighted by Gasteiger charge is -2.26. The molecule has 0 radical (unpaired) electrons. The number of hydrogen-bond donors (Lipinski definition) is 1. The van der Waals surface area contributed by atoms with Crippen molar-refractivity contribution in [1.82, 2.24) is 10.0 Å². The highest BCUT2D eigenvalue weighted by atomic mass is 16.6. The van der Waals surface area contributed by atoms with E-state index in [1.165, 1.54) is 12.1 Å². The van der Waals surface area contributed by atoms with Crippen LogP contribution in [0.2, 0.25) is 0 Å². The zero-order valence-electron chi connectivity index (χ0n) is 9.18. The highest BCUT2D eigenvalue weighted by Crippen LogP contribution is 2.37. The summed E-state index contributed by atoms with van der Waals surface area (Å²) < 4.78 is 0.464. The monoisotopic (exact) mass is 234 g/mol. The number of rotatable bonds is 1. The second-order valence-electron chi connectivity index (χ2n) is 4.52. The lowest BCUT2D eigenvalue weighted by molar-refractivity contribution is -0.384. The fourth-order valence-electron chi connectivity index (χ4n) is 2.74. The van der Waals surface area contributed by atoms with Crippen molar-refractivity contribution in [1.29, 1.82) is 0 Å². The summed E-state index contributed by atoms with van der Waals surface area (Å²) in [7, 11) is 0. The van der Waals surface area contributed by atoms with Crippen molar-refractivity contribution in [3.63, 3.8) is 0 Å². The zero-order chi connectivity index (χ0) is 12.0. The summed E-state index contributed by atoms with van der Waals surface area (Å²) in [4.78, 5) is 22.1. The molecule has 0 atom stereocenters. The lowest BCUT2D eigenvalue weighted by atomic mass is 10.1. The van der Waals surface area contributed by atoms with Gasteiger partial charge in [0.15, 0.2) is 5.69 Å². The van der Waals surface area contributed by atoms with Crippen LogP contribution in [0, 0.1) is 10.1 Å². The first kappa shape index (κ1) is 10.2. The molecule has 88 valence electrons. The van der Waals surface area contributed by atoms with E-state index >= 15 is 0 Å². The summed E-state index contributed by atoms with van der Waals surface area (Å²) in [5.41, 5.74) is 4.23. The Kier molecular flexibility index (Phi) is 1.97. The van der Waals surface area contributed by atoms with Gasteiger partial charge in [-0.3, -0.25) is 14.9 Å². The number of nitrogens with one attached hydrogen (secondary N) is 1. The number of hydrogen-bond acceptors (Lipinski definition) is 3. The molecule has 6 nitrogen and oxygen atoms in total. The van der Waals surface area contributed by atoms with Crippen molar-refractivity contribution < 1.29 is 9.72 Å². The Morgan fingerprint density at radius 3 is 2.65 bits per heavy atom. The molecule has 1 N–H and O–H groups in total. The summed E-state index contributed by atoms with van der Waals surface area (Å²) in [6.45, 7) is 1.74. The molecule has 2 heterocycles. The first-order valence-corrected chi connectivity index (χ1v) is 5.61. The molecule has 0 aliphatic carbocycles. The molecule has 0 bridgehead atoms. The van der Waals surface area contributed by atoms with Gasteiger partial charge in [-0.25, -0.2) is 0 Å². The van der Waals surface area contributed by atoms with E-state index in [1.54, 1.807) is 6.07 Å². The van der Waals surface area contributed by atoms with Crippen LogP contribution in [0.5, 0.6) is 0 Å². The van der Waals surface area contributed by atoms with Gasteiger partial charge in [-0.15, -0.1) is 0 Å². The van der Waals surface area contributed by atoms with Crippen LogP contribution in [0.3, 0.4) is 0 Å². The van der Waals surface area contributed by atoms with Crippen molar-refractivity contribution in [2.45, 2.75) is 12.8 Å². The van der Waals surface area contributed by atoms with Gasteiger partial charge in [0.1, 0.15) is 18.7 Å². The maximum atomic E-state index is 11.9. The minimum absolute atomic E-state index is 0.0295. The zero-order valence-corrected chi connectivity index (χ0v) is 9.18. The van der Waals surface area contributed by atoms with E-state index in [4.69, 9.17) is 0 Å². The molecule has 0 unspecified atom stereocenters. The van der Waals surface area contributed by atoms with Crippen LogP contribution in [-0.2, 0) is 0 Å². The lowest BCUT2D eigenvalue weighted by Crippen LogP contribution is -2.55. The van der Waals surface area contributed by atoms with E-state index in [0.717, 1.165) is 31.6 Å². The van der Waals surface area contributed by atoms with E-state index in [0.29, 0.717) is 10.2 Å². The van der Waals surface area contributed by atoms with Crippen molar-refractivity contribution >= 4 is 17.3 Å². The molecule has 1 spiro atoms. The van der Waals surface area contributed by atoms with Gasteiger partial charge in [-0.1, -0.05) is 0 Å². The summed E-state index contributed by atoms with van der Waals surface area (Å²) in [6.07, 6.45) is 2.13. The van der Waals surface area contributed by atoms with E-state index in [9.17, 15) is 14.9 Å². The van der Waals surface area contributed by atoms with Crippen LogP contribution >= 0.6 is 0 Å². The molecule has 1 fully saturated rings. The predicted molar refractivity (Wildman–Crippen MR) is 61.3 cm³/mol. The Morgan fingerprint density at radius 2 is 2.00 bits per heavy atom. The average molecular weight is 234 g/mol. The highest BCUT2D eigenvalue weighted by Gasteiger charge is 2.46. The van der Waals surface area contributed by atoms with Crippen LogP contribution in [0.25, 0.3) is 0 Å². The molecule has 2 aliphatic rings. The van der Waals surface area contributed by atoms with E-state index in [1.807, 2.05) is 0 Å². The van der Waals surface area contributed by atoms with Gasteiger partial charge in [0.05, 0.1) is 4.92 Å². The van der Waals surface area contributed by atoms with Gasteiger partial charge in [-0.2, -0.15) is 10.0 Å². The molecule has 17 heavy (non-hydrogen) atoms.